The molecule has 3 aliphatic rings. The summed E-state index contributed by atoms with van der Waals surface area (Å²) in [5, 5.41) is 6.21. The van der Waals surface area contributed by atoms with Crippen LogP contribution in [0.2, 0.25) is 0 Å². The van der Waals surface area contributed by atoms with Gasteiger partial charge in [0.15, 0.2) is 0 Å². The number of nitrogens with zero attached hydrogens (tertiary/aromatic N) is 1. The van der Waals surface area contributed by atoms with Gasteiger partial charge in [-0.1, -0.05) is 142 Å². The third kappa shape index (κ3) is 6.68. The molecule has 5 aromatic rings. The standard InChI is InChI=1S/C41H40ClN.C7H8O3S/c1-26-31-22-18-27-12-7-9-16-32(27)37(31)40(2,3)34(26)23-19-29-14-11-15-30(39(29)42)21-25-36-41(4,5)38-33-17-10-8-13-28(33)20-24-35(38)43(36)6;1-6-2-4-7(5-3-6)11(8,9)10/h7-10,12-13,16-25H,11,14-15H2,1-6H3;2-5H,1H3,(H,8,9,10)/p-1/b23-19+,30-21?,36-25-;. The molecule has 1 aliphatic heterocycles. The average Bonchev–Trinajstić information content (AvgIpc) is 3.47. The molecule has 0 amide bonds. The van der Waals surface area contributed by atoms with E-state index in [1.54, 1.807) is 12.1 Å². The van der Waals surface area contributed by atoms with Crippen molar-refractivity contribution in [1.29, 1.82) is 0 Å². The van der Waals surface area contributed by atoms with E-state index >= 15 is 0 Å². The van der Waals surface area contributed by atoms with E-state index in [0.717, 1.165) is 29.9 Å². The maximum absolute atomic E-state index is 10.4. The second kappa shape index (κ2) is 14.2. The van der Waals surface area contributed by atoms with Crippen LogP contribution in [-0.4, -0.2) is 20.0 Å². The third-order valence-electron chi connectivity index (χ3n) is 11.6. The van der Waals surface area contributed by atoms with Gasteiger partial charge in [-0.05, 0) is 118 Å². The molecule has 54 heavy (non-hydrogen) atoms. The smallest absolute Gasteiger partial charge is 0.124 e. The molecule has 6 heteroatoms. The van der Waals surface area contributed by atoms with E-state index in [9.17, 15) is 13.0 Å². The van der Waals surface area contributed by atoms with Gasteiger partial charge in [0.2, 0.25) is 0 Å². The highest BCUT2D eigenvalue weighted by Crippen LogP contribution is 2.51. The number of halogens is 1. The summed E-state index contributed by atoms with van der Waals surface area (Å²) in [4.78, 5) is 2.18. The topological polar surface area (TPSA) is 60.4 Å². The molecular weight excluding hydrogens is 706 g/mol. The minimum Gasteiger partial charge on any atom is -0.744 e. The Bertz CT molecular complexity index is 2580. The molecule has 0 bridgehead atoms. The van der Waals surface area contributed by atoms with Crippen molar-refractivity contribution in [3.8, 4) is 0 Å². The summed E-state index contributed by atoms with van der Waals surface area (Å²) < 4.78 is 31.2. The van der Waals surface area contributed by atoms with Gasteiger partial charge in [-0.3, -0.25) is 0 Å². The number of benzene rings is 5. The van der Waals surface area contributed by atoms with Crippen molar-refractivity contribution in [2.24, 2.45) is 0 Å². The van der Waals surface area contributed by atoms with Crippen LogP contribution in [0.4, 0.5) is 5.69 Å². The van der Waals surface area contributed by atoms with E-state index in [-0.39, 0.29) is 15.7 Å². The third-order valence-corrected chi connectivity index (χ3v) is 12.9. The summed E-state index contributed by atoms with van der Waals surface area (Å²) in [6.07, 6.45) is 12.4. The van der Waals surface area contributed by atoms with E-state index < -0.39 is 10.1 Å². The lowest BCUT2D eigenvalue weighted by molar-refractivity contribution is 0.463. The summed E-state index contributed by atoms with van der Waals surface area (Å²) >= 11 is 7.17. The highest BCUT2D eigenvalue weighted by atomic mass is 35.5. The molecule has 8 rings (SSSR count). The van der Waals surface area contributed by atoms with Gasteiger partial charge < -0.3 is 9.45 Å². The Balaban J connectivity index is 0.000000353. The van der Waals surface area contributed by atoms with Crippen molar-refractivity contribution >= 4 is 54.5 Å². The van der Waals surface area contributed by atoms with Crippen molar-refractivity contribution in [2.45, 2.75) is 76.5 Å². The lowest BCUT2D eigenvalue weighted by atomic mass is 9.78. The molecule has 0 saturated carbocycles. The van der Waals surface area contributed by atoms with Gasteiger partial charge in [0.1, 0.15) is 10.1 Å². The van der Waals surface area contributed by atoms with E-state index in [1.165, 1.54) is 84.0 Å². The van der Waals surface area contributed by atoms with Crippen LogP contribution >= 0.6 is 11.6 Å². The Morgan fingerprint density at radius 1 is 0.722 bits per heavy atom. The van der Waals surface area contributed by atoms with Crippen LogP contribution in [0.15, 0.2) is 154 Å². The van der Waals surface area contributed by atoms with E-state index in [2.05, 4.69) is 144 Å². The van der Waals surface area contributed by atoms with Crippen LogP contribution in [0.25, 0.3) is 27.1 Å². The number of rotatable bonds is 4. The Morgan fingerprint density at radius 3 is 1.98 bits per heavy atom. The molecule has 2 aliphatic carbocycles. The first-order valence-electron chi connectivity index (χ1n) is 18.6. The molecule has 0 aromatic heterocycles. The molecule has 1 heterocycles. The number of hydrogen-bond donors (Lipinski definition) is 0. The summed E-state index contributed by atoms with van der Waals surface area (Å²) in [6.45, 7) is 13.5. The van der Waals surface area contributed by atoms with Gasteiger partial charge in [-0.15, -0.1) is 0 Å². The molecule has 276 valence electrons. The Labute approximate surface area is 325 Å². The SMILES string of the molecule is CC1=C(/C=C/C2=C(Cl)C(=C/C=C3\N(C)c4ccc5ccccc5c4C3(C)C)CCC2)C(C)(C)c2c1ccc1ccccc21.Cc1ccc(S(=O)(=O)[O-])cc1. The first-order valence-corrected chi connectivity index (χ1v) is 20.4. The second-order valence-electron chi connectivity index (χ2n) is 15.8. The minimum absolute atomic E-state index is 0.0701. The quantitative estimate of drug-likeness (QED) is 0.172. The van der Waals surface area contributed by atoms with Gasteiger partial charge in [0.25, 0.3) is 0 Å². The first kappa shape index (κ1) is 37.6. The van der Waals surface area contributed by atoms with E-state index in [4.69, 9.17) is 11.6 Å². The zero-order valence-electron chi connectivity index (χ0n) is 32.1. The fourth-order valence-corrected chi connectivity index (χ4v) is 9.59. The molecule has 0 fully saturated rings. The van der Waals surface area contributed by atoms with Gasteiger partial charge >= 0.3 is 0 Å². The Morgan fingerprint density at radius 2 is 1.33 bits per heavy atom. The molecule has 0 spiro atoms. The van der Waals surface area contributed by atoms with Crippen molar-refractivity contribution in [3.63, 3.8) is 0 Å². The maximum atomic E-state index is 10.4. The van der Waals surface area contributed by atoms with Crippen LogP contribution in [0, 0.1) is 6.92 Å². The Kier molecular flexibility index (Phi) is 9.89. The van der Waals surface area contributed by atoms with Crippen molar-refractivity contribution in [2.75, 3.05) is 11.9 Å². The summed E-state index contributed by atoms with van der Waals surface area (Å²) in [6, 6.07) is 32.4. The second-order valence-corrected chi connectivity index (χ2v) is 17.5. The average molecular weight is 753 g/mol. The fourth-order valence-electron chi connectivity index (χ4n) is 8.81. The van der Waals surface area contributed by atoms with Crippen molar-refractivity contribution in [3.05, 3.63) is 171 Å². The van der Waals surface area contributed by atoms with Gasteiger partial charge in [0.05, 0.1) is 4.90 Å². The predicted octanol–water partition coefficient (Wildman–Crippen LogP) is 12.4. The van der Waals surface area contributed by atoms with Gasteiger partial charge in [-0.2, -0.15) is 0 Å². The molecule has 0 atom stereocenters. The minimum atomic E-state index is -4.27. The molecule has 5 aromatic carbocycles. The highest BCUT2D eigenvalue weighted by Gasteiger charge is 2.40. The molecule has 0 unspecified atom stereocenters. The fraction of sp³-hybridized carbons (Fsp3) is 0.250. The number of anilines is 1. The zero-order valence-corrected chi connectivity index (χ0v) is 33.7. The van der Waals surface area contributed by atoms with E-state index in [1.807, 2.05) is 6.92 Å². The van der Waals surface area contributed by atoms with Crippen LogP contribution < -0.4 is 4.90 Å². The number of aryl methyl sites for hydroxylation is 1. The maximum Gasteiger partial charge on any atom is 0.124 e. The molecule has 0 saturated heterocycles. The predicted molar refractivity (Wildman–Crippen MR) is 226 cm³/mol. The van der Waals surface area contributed by atoms with Crippen LogP contribution in [-0.2, 0) is 20.9 Å². The number of likely N-dealkylation sites (N-methyl/N-ethyl adjacent to an activating group) is 1. The van der Waals surface area contributed by atoms with E-state index in [0.29, 0.717) is 0 Å². The first-order chi connectivity index (χ1) is 25.6. The summed E-state index contributed by atoms with van der Waals surface area (Å²) in [7, 11) is -2.08. The monoisotopic (exact) mass is 752 g/mol. The van der Waals surface area contributed by atoms with Gasteiger partial charge in [0, 0.05) is 34.3 Å². The highest BCUT2D eigenvalue weighted by molar-refractivity contribution is 7.85. The van der Waals surface area contributed by atoms with Crippen LogP contribution in [0.1, 0.15) is 76.1 Å². The summed E-state index contributed by atoms with van der Waals surface area (Å²) in [5.74, 6) is 0. The number of allylic oxidation sites excluding steroid dienone is 10. The summed E-state index contributed by atoms with van der Waals surface area (Å²) in [5.41, 5.74) is 12.8. The normalized spacial score (nSPS) is 19.2. The van der Waals surface area contributed by atoms with Crippen LogP contribution in [0.3, 0.4) is 0 Å². The molecular formula is C48H47ClNO3S-. The van der Waals surface area contributed by atoms with Crippen molar-refractivity contribution in [1.82, 2.24) is 0 Å². The molecule has 4 nitrogen and oxygen atoms in total. The molecule has 0 N–H and O–H groups in total. The number of hydrogen-bond acceptors (Lipinski definition) is 4. The largest absolute Gasteiger partial charge is 0.744 e. The zero-order chi connectivity index (χ0) is 38.6. The lowest BCUT2D eigenvalue weighted by Gasteiger charge is -2.25. The molecule has 0 radical (unpaired) electrons. The Hall–Kier alpha value is -4.68. The lowest BCUT2D eigenvalue weighted by Crippen LogP contribution is -2.22. The van der Waals surface area contributed by atoms with Crippen molar-refractivity contribution < 1.29 is 13.0 Å². The van der Waals surface area contributed by atoms with Gasteiger partial charge in [-0.25, -0.2) is 8.42 Å². The number of fused-ring (bicyclic) bond motifs is 6. The van der Waals surface area contributed by atoms with Crippen LogP contribution in [0.5, 0.6) is 0 Å².